The summed E-state index contributed by atoms with van der Waals surface area (Å²) >= 11 is 3.37. The minimum absolute atomic E-state index is 0.0449. The highest BCUT2D eigenvalue weighted by Crippen LogP contribution is 2.20. The average molecular weight is 403 g/mol. The summed E-state index contributed by atoms with van der Waals surface area (Å²) in [5.74, 6) is -0.539. The van der Waals surface area contributed by atoms with Crippen molar-refractivity contribution in [3.05, 3.63) is 63.6 Å². The fourth-order valence-electron chi connectivity index (χ4n) is 2.50. The van der Waals surface area contributed by atoms with Crippen LogP contribution in [0.4, 0.5) is 5.69 Å². The van der Waals surface area contributed by atoms with E-state index in [-0.39, 0.29) is 17.7 Å². The molecule has 0 aromatic heterocycles. The van der Waals surface area contributed by atoms with Gasteiger partial charge in [-0.25, -0.2) is 0 Å². The Hall–Kier alpha value is -2.14. The van der Waals surface area contributed by atoms with Crippen molar-refractivity contribution in [1.29, 1.82) is 0 Å². The maximum Gasteiger partial charge on any atom is 0.253 e. The van der Waals surface area contributed by atoms with E-state index in [1.807, 2.05) is 52.0 Å². The smallest absolute Gasteiger partial charge is 0.253 e. The second-order valence-corrected chi connectivity index (χ2v) is 7.27. The number of amides is 2. The van der Waals surface area contributed by atoms with Crippen molar-refractivity contribution >= 4 is 33.4 Å². The lowest BCUT2D eigenvalue weighted by atomic mass is 10.0. The summed E-state index contributed by atoms with van der Waals surface area (Å²) in [5, 5.41) is 5.79. The average Bonchev–Trinajstić information content (AvgIpc) is 2.56. The van der Waals surface area contributed by atoms with Gasteiger partial charge >= 0.3 is 0 Å². The van der Waals surface area contributed by atoms with Crippen molar-refractivity contribution in [1.82, 2.24) is 5.32 Å². The van der Waals surface area contributed by atoms with E-state index in [9.17, 15) is 9.59 Å². The van der Waals surface area contributed by atoms with Gasteiger partial charge in [0.2, 0.25) is 5.91 Å². The van der Waals surface area contributed by atoms with Gasteiger partial charge in [0.15, 0.2) is 0 Å². The van der Waals surface area contributed by atoms with Crippen LogP contribution in [-0.2, 0) is 4.79 Å². The second kappa shape index (κ2) is 8.30. The number of hydrogen-bond acceptors (Lipinski definition) is 2. The van der Waals surface area contributed by atoms with Gasteiger partial charge in [0, 0.05) is 10.2 Å². The van der Waals surface area contributed by atoms with Gasteiger partial charge in [-0.1, -0.05) is 38.1 Å². The summed E-state index contributed by atoms with van der Waals surface area (Å²) in [6.07, 6.45) is 0. The van der Waals surface area contributed by atoms with Gasteiger partial charge in [0.25, 0.3) is 5.91 Å². The first-order chi connectivity index (χ1) is 11.8. The molecule has 132 valence electrons. The van der Waals surface area contributed by atoms with E-state index >= 15 is 0 Å². The van der Waals surface area contributed by atoms with Crippen molar-refractivity contribution in [2.45, 2.75) is 33.7 Å². The topological polar surface area (TPSA) is 58.2 Å². The molecule has 2 N–H and O–H groups in total. The number of benzene rings is 2. The molecule has 0 heterocycles. The van der Waals surface area contributed by atoms with E-state index in [0.717, 1.165) is 16.8 Å². The molecule has 2 amide bonds. The van der Waals surface area contributed by atoms with Gasteiger partial charge in [-0.15, -0.1) is 0 Å². The van der Waals surface area contributed by atoms with E-state index in [1.54, 1.807) is 18.2 Å². The van der Waals surface area contributed by atoms with Gasteiger partial charge in [-0.05, 0) is 65.0 Å². The molecule has 0 aliphatic heterocycles. The standard InChI is InChI=1S/C20H23BrN2O2/c1-12(2)18(23-19(24)15-9-5-6-10-16(15)21)20(25)22-17-11-7-8-13(3)14(17)4/h5-12,18H,1-4H3,(H,22,25)(H,23,24)/t18-/m0/s1. The first kappa shape index (κ1) is 19.2. The van der Waals surface area contributed by atoms with Crippen LogP contribution in [-0.4, -0.2) is 17.9 Å². The van der Waals surface area contributed by atoms with Gasteiger partial charge in [-0.2, -0.15) is 0 Å². The summed E-state index contributed by atoms with van der Waals surface area (Å²) < 4.78 is 0.699. The first-order valence-electron chi connectivity index (χ1n) is 8.23. The van der Waals surface area contributed by atoms with E-state index in [1.165, 1.54) is 0 Å². The van der Waals surface area contributed by atoms with E-state index in [2.05, 4.69) is 26.6 Å². The number of carbonyl (C=O) groups is 2. The largest absolute Gasteiger partial charge is 0.340 e. The number of carbonyl (C=O) groups excluding carboxylic acids is 2. The van der Waals surface area contributed by atoms with Crippen molar-refractivity contribution in [3.8, 4) is 0 Å². The number of halogens is 1. The lowest BCUT2D eigenvalue weighted by Crippen LogP contribution is -2.47. The van der Waals surface area contributed by atoms with Crippen LogP contribution in [0.1, 0.15) is 35.3 Å². The third-order valence-corrected chi connectivity index (χ3v) is 4.91. The van der Waals surface area contributed by atoms with Crippen molar-refractivity contribution in [2.24, 2.45) is 5.92 Å². The van der Waals surface area contributed by atoms with Gasteiger partial charge in [-0.3, -0.25) is 9.59 Å². The second-order valence-electron chi connectivity index (χ2n) is 6.41. The zero-order valence-electron chi connectivity index (χ0n) is 14.9. The predicted molar refractivity (Wildman–Crippen MR) is 105 cm³/mol. The van der Waals surface area contributed by atoms with Gasteiger partial charge in [0.1, 0.15) is 6.04 Å². The molecule has 0 spiro atoms. The van der Waals surface area contributed by atoms with Crippen LogP contribution in [0.5, 0.6) is 0 Å². The molecule has 2 rings (SSSR count). The molecule has 25 heavy (non-hydrogen) atoms. The zero-order chi connectivity index (χ0) is 18.6. The molecular weight excluding hydrogens is 380 g/mol. The van der Waals surface area contributed by atoms with Crippen molar-refractivity contribution in [3.63, 3.8) is 0 Å². The predicted octanol–water partition coefficient (Wildman–Crippen LogP) is 4.46. The van der Waals surface area contributed by atoms with E-state index in [0.29, 0.717) is 10.0 Å². The molecule has 0 saturated carbocycles. The van der Waals surface area contributed by atoms with Crippen LogP contribution in [0.25, 0.3) is 0 Å². The Bertz CT molecular complexity index is 787. The van der Waals surface area contributed by atoms with Crippen molar-refractivity contribution < 1.29 is 9.59 Å². The number of anilines is 1. The maximum atomic E-state index is 12.7. The summed E-state index contributed by atoms with van der Waals surface area (Å²) in [6, 6.07) is 12.3. The Morgan fingerprint density at radius 3 is 2.32 bits per heavy atom. The third kappa shape index (κ3) is 4.69. The molecule has 1 atom stereocenters. The summed E-state index contributed by atoms with van der Waals surface area (Å²) in [5.41, 5.74) is 3.41. The lowest BCUT2D eigenvalue weighted by molar-refractivity contribution is -0.118. The quantitative estimate of drug-likeness (QED) is 0.775. The summed E-state index contributed by atoms with van der Waals surface area (Å²) in [6.45, 7) is 7.79. The van der Waals surface area contributed by atoms with Crippen LogP contribution < -0.4 is 10.6 Å². The van der Waals surface area contributed by atoms with Gasteiger partial charge in [0.05, 0.1) is 5.56 Å². The Labute approximate surface area is 157 Å². The molecule has 4 nitrogen and oxygen atoms in total. The Kier molecular flexibility index (Phi) is 6.37. The highest BCUT2D eigenvalue weighted by Gasteiger charge is 2.25. The fraction of sp³-hybridized carbons (Fsp3) is 0.300. The number of rotatable bonds is 5. The molecule has 0 bridgehead atoms. The molecular formula is C20H23BrN2O2. The normalized spacial score (nSPS) is 11.9. The van der Waals surface area contributed by atoms with Crippen LogP contribution in [0, 0.1) is 19.8 Å². The van der Waals surface area contributed by atoms with Crippen LogP contribution in [0.15, 0.2) is 46.9 Å². The van der Waals surface area contributed by atoms with Crippen LogP contribution in [0.2, 0.25) is 0 Å². The Balaban J connectivity index is 2.17. The third-order valence-electron chi connectivity index (χ3n) is 4.22. The molecule has 5 heteroatoms. The zero-order valence-corrected chi connectivity index (χ0v) is 16.5. The minimum Gasteiger partial charge on any atom is -0.340 e. The highest BCUT2D eigenvalue weighted by atomic mass is 79.9. The molecule has 0 fully saturated rings. The molecule has 0 saturated heterocycles. The molecule has 0 unspecified atom stereocenters. The van der Waals surface area contributed by atoms with Crippen LogP contribution >= 0.6 is 15.9 Å². The molecule has 0 aliphatic rings. The molecule has 0 radical (unpaired) electrons. The number of hydrogen-bond donors (Lipinski definition) is 2. The fourth-order valence-corrected chi connectivity index (χ4v) is 2.96. The van der Waals surface area contributed by atoms with Crippen LogP contribution in [0.3, 0.4) is 0 Å². The van der Waals surface area contributed by atoms with E-state index < -0.39 is 6.04 Å². The SMILES string of the molecule is Cc1cccc(NC(=O)[C@@H](NC(=O)c2ccccc2Br)C(C)C)c1C. The maximum absolute atomic E-state index is 12.7. The monoisotopic (exact) mass is 402 g/mol. The summed E-state index contributed by atoms with van der Waals surface area (Å²) in [7, 11) is 0. The Morgan fingerprint density at radius 1 is 1.00 bits per heavy atom. The number of nitrogens with one attached hydrogen (secondary N) is 2. The molecule has 0 aliphatic carbocycles. The minimum atomic E-state index is -0.625. The Morgan fingerprint density at radius 2 is 1.68 bits per heavy atom. The van der Waals surface area contributed by atoms with Crippen molar-refractivity contribution in [2.75, 3.05) is 5.32 Å². The highest BCUT2D eigenvalue weighted by molar-refractivity contribution is 9.10. The molecule has 2 aromatic carbocycles. The number of aryl methyl sites for hydroxylation is 1. The lowest BCUT2D eigenvalue weighted by Gasteiger charge is -2.23. The molecule has 2 aromatic rings. The summed E-state index contributed by atoms with van der Waals surface area (Å²) in [4.78, 5) is 25.3. The van der Waals surface area contributed by atoms with E-state index in [4.69, 9.17) is 0 Å². The van der Waals surface area contributed by atoms with Gasteiger partial charge < -0.3 is 10.6 Å². The first-order valence-corrected chi connectivity index (χ1v) is 9.03.